The molecule has 2 aromatic carbocycles. The SMILES string of the molecule is O=C1NC2(CCN(Cc3ccccc3)CC2)CN1c1ccc(I)cc1. The molecule has 25 heavy (non-hydrogen) atoms. The van der Waals surface area contributed by atoms with Crippen LogP contribution in [0.15, 0.2) is 54.6 Å². The number of piperidine rings is 1. The van der Waals surface area contributed by atoms with Crippen LogP contribution < -0.4 is 10.2 Å². The van der Waals surface area contributed by atoms with E-state index >= 15 is 0 Å². The summed E-state index contributed by atoms with van der Waals surface area (Å²) in [6.45, 7) is 3.81. The van der Waals surface area contributed by atoms with Gasteiger partial charge < -0.3 is 5.32 Å². The van der Waals surface area contributed by atoms with Gasteiger partial charge in [-0.2, -0.15) is 0 Å². The van der Waals surface area contributed by atoms with Crippen molar-refractivity contribution in [1.29, 1.82) is 0 Å². The molecule has 0 aliphatic carbocycles. The summed E-state index contributed by atoms with van der Waals surface area (Å²) in [6.07, 6.45) is 2.01. The van der Waals surface area contributed by atoms with Gasteiger partial charge in [-0.05, 0) is 65.3 Å². The molecule has 0 atom stereocenters. The quantitative estimate of drug-likeness (QED) is 0.726. The second kappa shape index (κ2) is 6.96. The molecule has 2 aromatic rings. The van der Waals surface area contributed by atoms with Gasteiger partial charge in [0.15, 0.2) is 0 Å². The number of amides is 2. The zero-order valence-electron chi connectivity index (χ0n) is 14.1. The number of anilines is 1. The summed E-state index contributed by atoms with van der Waals surface area (Å²) < 4.78 is 1.19. The number of rotatable bonds is 3. The number of urea groups is 1. The minimum atomic E-state index is -0.0761. The number of halogens is 1. The molecule has 2 saturated heterocycles. The highest BCUT2D eigenvalue weighted by Gasteiger charge is 2.44. The number of hydrogen-bond donors (Lipinski definition) is 1. The highest BCUT2D eigenvalue weighted by molar-refractivity contribution is 14.1. The number of benzene rings is 2. The molecule has 130 valence electrons. The predicted molar refractivity (Wildman–Crippen MR) is 109 cm³/mol. The van der Waals surface area contributed by atoms with Crippen molar-refractivity contribution in [1.82, 2.24) is 10.2 Å². The van der Waals surface area contributed by atoms with Crippen molar-refractivity contribution in [2.75, 3.05) is 24.5 Å². The maximum Gasteiger partial charge on any atom is 0.322 e. The van der Waals surface area contributed by atoms with Crippen LogP contribution in [0.2, 0.25) is 0 Å². The molecule has 2 aliphatic rings. The van der Waals surface area contributed by atoms with E-state index in [9.17, 15) is 4.79 Å². The van der Waals surface area contributed by atoms with Gasteiger partial charge >= 0.3 is 6.03 Å². The molecular weight excluding hydrogens is 425 g/mol. The van der Waals surface area contributed by atoms with Crippen LogP contribution in [0.25, 0.3) is 0 Å². The lowest BCUT2D eigenvalue weighted by Crippen LogP contribution is -2.52. The monoisotopic (exact) mass is 447 g/mol. The summed E-state index contributed by atoms with van der Waals surface area (Å²) in [7, 11) is 0. The first-order valence-electron chi connectivity index (χ1n) is 8.75. The van der Waals surface area contributed by atoms with Gasteiger partial charge in [0.1, 0.15) is 0 Å². The standard InChI is InChI=1S/C20H22IN3O/c21-17-6-8-18(9-7-17)24-15-20(22-19(24)25)10-12-23(13-11-20)14-16-4-2-1-3-5-16/h1-9H,10-15H2,(H,22,25). The van der Waals surface area contributed by atoms with Gasteiger partial charge in [-0.25, -0.2) is 4.79 Å². The molecule has 0 saturated carbocycles. The van der Waals surface area contributed by atoms with E-state index in [0.29, 0.717) is 0 Å². The van der Waals surface area contributed by atoms with Crippen molar-refractivity contribution in [3.05, 3.63) is 63.7 Å². The van der Waals surface area contributed by atoms with E-state index in [1.165, 1.54) is 9.13 Å². The van der Waals surface area contributed by atoms with Crippen LogP contribution in [0.3, 0.4) is 0 Å². The molecule has 0 aromatic heterocycles. The third kappa shape index (κ3) is 3.67. The summed E-state index contributed by atoms with van der Waals surface area (Å²) in [6, 6.07) is 18.8. The van der Waals surface area contributed by atoms with Gasteiger partial charge in [-0.1, -0.05) is 30.3 Å². The van der Waals surface area contributed by atoms with Crippen LogP contribution >= 0.6 is 22.6 Å². The molecule has 0 unspecified atom stereocenters. The Labute approximate surface area is 162 Å². The van der Waals surface area contributed by atoms with Crippen LogP contribution in [0.5, 0.6) is 0 Å². The summed E-state index contributed by atoms with van der Waals surface area (Å²) in [4.78, 5) is 16.9. The molecule has 1 spiro atoms. The molecule has 2 amide bonds. The van der Waals surface area contributed by atoms with Gasteiger partial charge in [0.05, 0.1) is 12.1 Å². The smallest absolute Gasteiger partial charge is 0.322 e. The zero-order valence-corrected chi connectivity index (χ0v) is 16.3. The fraction of sp³-hybridized carbons (Fsp3) is 0.350. The van der Waals surface area contributed by atoms with Crippen molar-refractivity contribution in [3.8, 4) is 0 Å². The zero-order chi connectivity index (χ0) is 17.3. The van der Waals surface area contributed by atoms with E-state index in [-0.39, 0.29) is 11.6 Å². The fourth-order valence-electron chi connectivity index (χ4n) is 3.80. The van der Waals surface area contributed by atoms with Crippen molar-refractivity contribution in [2.24, 2.45) is 0 Å². The van der Waals surface area contributed by atoms with E-state index in [0.717, 1.165) is 44.7 Å². The first-order chi connectivity index (χ1) is 12.1. The maximum atomic E-state index is 12.5. The Hall–Kier alpha value is -1.60. The third-order valence-electron chi connectivity index (χ3n) is 5.28. The van der Waals surface area contributed by atoms with Crippen molar-refractivity contribution in [2.45, 2.75) is 24.9 Å². The minimum Gasteiger partial charge on any atom is -0.330 e. The lowest BCUT2D eigenvalue weighted by molar-refractivity contribution is 0.151. The van der Waals surface area contributed by atoms with Crippen molar-refractivity contribution in [3.63, 3.8) is 0 Å². The van der Waals surface area contributed by atoms with Crippen molar-refractivity contribution < 1.29 is 4.79 Å². The number of nitrogens with one attached hydrogen (secondary N) is 1. The first-order valence-corrected chi connectivity index (χ1v) is 9.83. The Morgan fingerprint density at radius 2 is 1.68 bits per heavy atom. The van der Waals surface area contributed by atoms with E-state index < -0.39 is 0 Å². The average molecular weight is 447 g/mol. The Kier molecular flexibility index (Phi) is 4.69. The number of hydrogen-bond acceptors (Lipinski definition) is 2. The second-order valence-corrected chi connectivity index (χ2v) is 8.28. The Balaban J connectivity index is 1.39. The molecular formula is C20H22IN3O. The van der Waals surface area contributed by atoms with Gasteiger partial charge in [0, 0.05) is 28.9 Å². The summed E-state index contributed by atoms with van der Waals surface area (Å²) >= 11 is 2.29. The van der Waals surface area contributed by atoms with Gasteiger partial charge in [0.25, 0.3) is 0 Å². The molecule has 0 radical (unpaired) electrons. The Morgan fingerprint density at radius 1 is 1.00 bits per heavy atom. The molecule has 0 bridgehead atoms. The number of carbonyl (C=O) groups excluding carboxylic acids is 1. The molecule has 2 heterocycles. The minimum absolute atomic E-state index is 0.0396. The second-order valence-electron chi connectivity index (χ2n) is 7.03. The first kappa shape index (κ1) is 16.8. The molecule has 2 aliphatic heterocycles. The Bertz CT molecular complexity index is 739. The lowest BCUT2D eigenvalue weighted by Gasteiger charge is -2.38. The third-order valence-corrected chi connectivity index (χ3v) is 6.00. The highest BCUT2D eigenvalue weighted by atomic mass is 127. The largest absolute Gasteiger partial charge is 0.330 e. The molecule has 4 rings (SSSR count). The number of nitrogens with zero attached hydrogens (tertiary/aromatic N) is 2. The van der Waals surface area contributed by atoms with E-state index in [2.05, 4.69) is 75.3 Å². The van der Waals surface area contributed by atoms with Crippen LogP contribution in [-0.2, 0) is 6.54 Å². The predicted octanol–water partition coefficient (Wildman–Crippen LogP) is 3.86. The average Bonchev–Trinajstić information content (AvgIpc) is 2.95. The van der Waals surface area contributed by atoms with Crippen LogP contribution in [0.1, 0.15) is 18.4 Å². The lowest BCUT2D eigenvalue weighted by atomic mass is 9.88. The number of carbonyl (C=O) groups is 1. The van der Waals surface area contributed by atoms with Gasteiger partial charge in [-0.15, -0.1) is 0 Å². The maximum absolute atomic E-state index is 12.5. The molecule has 2 fully saturated rings. The fourth-order valence-corrected chi connectivity index (χ4v) is 4.16. The molecule has 5 heteroatoms. The van der Waals surface area contributed by atoms with Crippen LogP contribution in [-0.4, -0.2) is 36.1 Å². The summed E-state index contributed by atoms with van der Waals surface area (Å²) in [5.74, 6) is 0. The van der Waals surface area contributed by atoms with E-state index in [1.54, 1.807) is 0 Å². The van der Waals surface area contributed by atoms with Crippen molar-refractivity contribution >= 4 is 34.3 Å². The number of likely N-dealkylation sites (tertiary alicyclic amines) is 1. The topological polar surface area (TPSA) is 35.6 Å². The van der Waals surface area contributed by atoms with E-state index in [4.69, 9.17) is 0 Å². The summed E-state index contributed by atoms with van der Waals surface area (Å²) in [5.41, 5.74) is 2.27. The molecule has 1 N–H and O–H groups in total. The Morgan fingerprint density at radius 3 is 2.36 bits per heavy atom. The molecule has 4 nitrogen and oxygen atoms in total. The van der Waals surface area contributed by atoms with Crippen LogP contribution in [0.4, 0.5) is 10.5 Å². The highest BCUT2D eigenvalue weighted by Crippen LogP contribution is 2.31. The normalized spacial score (nSPS) is 20.0. The van der Waals surface area contributed by atoms with Gasteiger partial charge in [0.2, 0.25) is 0 Å². The van der Waals surface area contributed by atoms with Gasteiger partial charge in [-0.3, -0.25) is 9.80 Å². The summed E-state index contributed by atoms with van der Waals surface area (Å²) in [5, 5.41) is 3.28. The van der Waals surface area contributed by atoms with E-state index in [1.807, 2.05) is 17.0 Å². The van der Waals surface area contributed by atoms with Crippen LogP contribution in [0, 0.1) is 3.57 Å².